The Balaban J connectivity index is 1.68. The van der Waals surface area contributed by atoms with E-state index in [2.05, 4.69) is 5.32 Å². The summed E-state index contributed by atoms with van der Waals surface area (Å²) in [5.41, 5.74) is 2.13. The molecule has 28 heavy (non-hydrogen) atoms. The van der Waals surface area contributed by atoms with Crippen LogP contribution in [0, 0.1) is 6.92 Å². The van der Waals surface area contributed by atoms with E-state index < -0.39 is 11.9 Å². The highest BCUT2D eigenvalue weighted by Gasteiger charge is 2.31. The first-order valence-corrected chi connectivity index (χ1v) is 8.93. The highest BCUT2D eigenvalue weighted by Crippen LogP contribution is 2.21. The van der Waals surface area contributed by atoms with E-state index in [1.54, 1.807) is 41.3 Å². The van der Waals surface area contributed by atoms with Crippen molar-refractivity contribution in [2.24, 2.45) is 0 Å². The van der Waals surface area contributed by atoms with E-state index in [0.717, 1.165) is 5.56 Å². The van der Waals surface area contributed by atoms with Crippen molar-refractivity contribution < 1.29 is 24.2 Å². The maximum atomic E-state index is 12.5. The number of phenolic OH excluding ortho intramolecular Hbond substituents is 1. The van der Waals surface area contributed by atoms with E-state index >= 15 is 0 Å². The Kier molecular flexibility index (Phi) is 5.63. The van der Waals surface area contributed by atoms with Crippen LogP contribution in [0.15, 0.2) is 42.5 Å². The van der Waals surface area contributed by atoms with Gasteiger partial charge < -0.3 is 20.1 Å². The maximum Gasteiger partial charge on any atom is 0.338 e. The van der Waals surface area contributed by atoms with Gasteiger partial charge in [0.15, 0.2) is 0 Å². The first-order valence-electron chi connectivity index (χ1n) is 8.93. The van der Waals surface area contributed by atoms with Crippen LogP contribution in [0.3, 0.4) is 0 Å². The fourth-order valence-electron chi connectivity index (χ4n) is 3.29. The fraction of sp³-hybridized carbons (Fsp3) is 0.286. The summed E-state index contributed by atoms with van der Waals surface area (Å²) in [5.74, 6) is -1.09. The number of nitrogens with zero attached hydrogens (tertiary/aromatic N) is 1. The molecule has 0 saturated carbocycles. The average molecular weight is 382 g/mol. The topological polar surface area (TPSA) is 95.9 Å². The van der Waals surface area contributed by atoms with Crippen molar-refractivity contribution in [1.29, 1.82) is 0 Å². The van der Waals surface area contributed by atoms with Crippen LogP contribution in [-0.4, -0.2) is 47.5 Å². The van der Waals surface area contributed by atoms with Gasteiger partial charge in [0.2, 0.25) is 5.91 Å². The van der Waals surface area contributed by atoms with Gasteiger partial charge in [-0.25, -0.2) is 4.79 Å². The number of esters is 1. The van der Waals surface area contributed by atoms with Gasteiger partial charge in [-0.15, -0.1) is 0 Å². The number of nitrogens with one attached hydrogen (secondary N) is 1. The van der Waals surface area contributed by atoms with Gasteiger partial charge >= 0.3 is 5.97 Å². The molecule has 2 aromatic carbocycles. The summed E-state index contributed by atoms with van der Waals surface area (Å²) in [6, 6.07) is 11.4. The average Bonchev–Trinajstić information content (AvgIpc) is 3.02. The molecule has 0 radical (unpaired) electrons. The van der Waals surface area contributed by atoms with Crippen molar-refractivity contribution in [3.63, 3.8) is 0 Å². The van der Waals surface area contributed by atoms with Crippen molar-refractivity contribution in [3.8, 4) is 5.75 Å². The summed E-state index contributed by atoms with van der Waals surface area (Å²) in [5, 5.41) is 12.7. The third-order valence-electron chi connectivity index (χ3n) is 4.73. The number of carbonyl (C=O) groups excluding carboxylic acids is 3. The van der Waals surface area contributed by atoms with Gasteiger partial charge in [-0.3, -0.25) is 9.59 Å². The fourth-order valence-corrected chi connectivity index (χ4v) is 3.29. The van der Waals surface area contributed by atoms with Gasteiger partial charge in [0.25, 0.3) is 5.91 Å². The molecule has 0 aromatic heterocycles. The Labute approximate surface area is 162 Å². The number of ether oxygens (including phenoxy) is 1. The molecule has 3 rings (SSSR count). The number of hydrogen-bond acceptors (Lipinski definition) is 5. The smallest absolute Gasteiger partial charge is 0.338 e. The predicted molar refractivity (Wildman–Crippen MR) is 102 cm³/mol. The summed E-state index contributed by atoms with van der Waals surface area (Å²) < 4.78 is 4.79. The predicted octanol–water partition coefficient (Wildman–Crippen LogP) is 2.02. The van der Waals surface area contributed by atoms with E-state index in [-0.39, 0.29) is 36.2 Å². The number of hydrogen-bond donors (Lipinski definition) is 2. The second-order valence-corrected chi connectivity index (χ2v) is 6.82. The molecule has 1 fully saturated rings. The maximum absolute atomic E-state index is 12.5. The third kappa shape index (κ3) is 4.14. The van der Waals surface area contributed by atoms with Crippen molar-refractivity contribution in [2.75, 3.05) is 13.7 Å². The molecule has 1 heterocycles. The van der Waals surface area contributed by atoms with Gasteiger partial charge in [-0.1, -0.05) is 29.8 Å². The molecule has 0 bridgehead atoms. The van der Waals surface area contributed by atoms with E-state index in [4.69, 9.17) is 4.74 Å². The monoisotopic (exact) mass is 382 g/mol. The Morgan fingerprint density at radius 3 is 2.71 bits per heavy atom. The second-order valence-electron chi connectivity index (χ2n) is 6.82. The number of carbonyl (C=O) groups is 3. The van der Waals surface area contributed by atoms with E-state index in [1.165, 1.54) is 13.2 Å². The highest BCUT2D eigenvalue weighted by atomic mass is 16.5. The van der Waals surface area contributed by atoms with Gasteiger partial charge in [0.1, 0.15) is 5.75 Å². The Bertz CT molecular complexity index is 925. The Morgan fingerprint density at radius 1 is 1.21 bits per heavy atom. The largest absolute Gasteiger partial charge is 0.507 e. The Morgan fingerprint density at radius 2 is 1.96 bits per heavy atom. The standard InChI is InChI=1S/C21H22N2O5/c1-13-7-8-18(24)17(9-13)20(26)22-15-10-19(25)23(12-15)11-14-5-3-4-6-16(14)21(27)28-2/h3-9,15,24H,10-12H2,1-2H3,(H,22,26). The number of aromatic hydroxyl groups is 1. The lowest BCUT2D eigenvalue weighted by atomic mass is 10.1. The Hall–Kier alpha value is -3.35. The van der Waals surface area contributed by atoms with Crippen LogP contribution in [0.5, 0.6) is 5.75 Å². The molecule has 1 aliphatic heterocycles. The van der Waals surface area contributed by atoms with E-state index in [0.29, 0.717) is 17.7 Å². The zero-order valence-electron chi connectivity index (χ0n) is 15.8. The van der Waals surface area contributed by atoms with Crippen LogP contribution < -0.4 is 5.32 Å². The summed E-state index contributed by atoms with van der Waals surface area (Å²) in [4.78, 5) is 38.4. The van der Waals surface area contributed by atoms with Crippen molar-refractivity contribution in [3.05, 3.63) is 64.7 Å². The first kappa shape index (κ1) is 19.4. The summed E-state index contributed by atoms with van der Waals surface area (Å²) in [6.45, 7) is 2.41. The van der Waals surface area contributed by atoms with Crippen LogP contribution in [0.1, 0.15) is 38.3 Å². The van der Waals surface area contributed by atoms with Crippen molar-refractivity contribution >= 4 is 17.8 Å². The minimum atomic E-state index is -0.456. The number of phenols is 1. The van der Waals surface area contributed by atoms with Gasteiger partial charge in [-0.2, -0.15) is 0 Å². The molecule has 0 aliphatic carbocycles. The third-order valence-corrected chi connectivity index (χ3v) is 4.73. The van der Waals surface area contributed by atoms with Crippen LogP contribution in [0.25, 0.3) is 0 Å². The van der Waals surface area contributed by atoms with Crippen molar-refractivity contribution in [1.82, 2.24) is 10.2 Å². The second kappa shape index (κ2) is 8.12. The molecule has 7 heteroatoms. The molecule has 2 aromatic rings. The number of benzene rings is 2. The highest BCUT2D eigenvalue weighted by molar-refractivity contribution is 5.97. The minimum absolute atomic E-state index is 0.101. The van der Waals surface area contributed by atoms with Gasteiger partial charge in [-0.05, 0) is 30.7 Å². The van der Waals surface area contributed by atoms with Crippen LogP contribution in [0.4, 0.5) is 0 Å². The summed E-state index contributed by atoms with van der Waals surface area (Å²) in [7, 11) is 1.31. The normalized spacial score (nSPS) is 16.1. The lowest BCUT2D eigenvalue weighted by Gasteiger charge is -2.19. The molecular formula is C21H22N2O5. The molecule has 1 atom stereocenters. The molecule has 7 nitrogen and oxygen atoms in total. The number of rotatable bonds is 5. The molecule has 1 saturated heterocycles. The molecular weight excluding hydrogens is 360 g/mol. The number of likely N-dealkylation sites (tertiary alicyclic amines) is 1. The number of methoxy groups -OCH3 is 1. The molecule has 1 unspecified atom stereocenters. The quantitative estimate of drug-likeness (QED) is 0.772. The lowest BCUT2D eigenvalue weighted by Crippen LogP contribution is -2.37. The first-order chi connectivity index (χ1) is 13.4. The van der Waals surface area contributed by atoms with Crippen LogP contribution in [0.2, 0.25) is 0 Å². The van der Waals surface area contributed by atoms with Crippen molar-refractivity contribution in [2.45, 2.75) is 25.9 Å². The SMILES string of the molecule is COC(=O)c1ccccc1CN1CC(NC(=O)c2cc(C)ccc2O)CC1=O. The van der Waals surface area contributed by atoms with E-state index in [1.807, 2.05) is 6.92 Å². The molecule has 0 spiro atoms. The number of aryl methyl sites for hydroxylation is 1. The lowest BCUT2D eigenvalue weighted by molar-refractivity contribution is -0.128. The summed E-state index contributed by atoms with van der Waals surface area (Å²) in [6.07, 6.45) is 0.165. The number of amides is 2. The minimum Gasteiger partial charge on any atom is -0.507 e. The molecule has 146 valence electrons. The molecule has 1 aliphatic rings. The van der Waals surface area contributed by atoms with Crippen LogP contribution in [-0.2, 0) is 16.1 Å². The van der Waals surface area contributed by atoms with Gasteiger partial charge in [0, 0.05) is 19.5 Å². The zero-order valence-corrected chi connectivity index (χ0v) is 15.8. The molecule has 2 amide bonds. The molecule has 2 N–H and O–H groups in total. The summed E-state index contributed by atoms with van der Waals surface area (Å²) >= 11 is 0. The van der Waals surface area contributed by atoms with Crippen LogP contribution >= 0.6 is 0 Å². The zero-order chi connectivity index (χ0) is 20.3. The van der Waals surface area contributed by atoms with E-state index in [9.17, 15) is 19.5 Å². The van der Waals surface area contributed by atoms with Gasteiger partial charge in [0.05, 0.1) is 24.3 Å².